The molecular weight excluding hydrogens is 403 g/mol. The molecule has 4 nitrogen and oxygen atoms in total. The number of carbonyl (C=O) groups is 1. The van der Waals surface area contributed by atoms with Crippen molar-refractivity contribution in [2.24, 2.45) is 0 Å². The molecule has 0 radical (unpaired) electrons. The van der Waals surface area contributed by atoms with E-state index in [1.807, 2.05) is 12.1 Å². The van der Waals surface area contributed by atoms with Crippen molar-refractivity contribution in [1.29, 1.82) is 0 Å². The Morgan fingerprint density at radius 2 is 2.00 bits per heavy atom. The molecule has 1 heterocycles. The fourth-order valence-electron chi connectivity index (χ4n) is 3.19. The number of anilines is 1. The molecule has 0 fully saturated rings. The Morgan fingerprint density at radius 1 is 1.17 bits per heavy atom. The largest absolute Gasteiger partial charge is 0.436 e. The van der Waals surface area contributed by atoms with E-state index in [-0.39, 0.29) is 5.56 Å². The van der Waals surface area contributed by atoms with Gasteiger partial charge < -0.3 is 9.73 Å². The highest BCUT2D eigenvalue weighted by molar-refractivity contribution is 6.34. The van der Waals surface area contributed by atoms with Crippen LogP contribution in [0.1, 0.15) is 42.1 Å². The molecule has 0 spiro atoms. The predicted molar refractivity (Wildman–Crippen MR) is 118 cm³/mol. The minimum atomic E-state index is -0.481. The van der Waals surface area contributed by atoms with Crippen LogP contribution in [0.3, 0.4) is 0 Å². The Labute approximate surface area is 178 Å². The van der Waals surface area contributed by atoms with Gasteiger partial charge in [0.1, 0.15) is 11.3 Å². The molecule has 3 aromatic carbocycles. The first-order valence-corrected chi connectivity index (χ1v) is 10.1. The van der Waals surface area contributed by atoms with E-state index in [9.17, 15) is 9.18 Å². The highest BCUT2D eigenvalue weighted by Gasteiger charge is 2.14. The molecule has 0 unspecified atom stereocenters. The minimum absolute atomic E-state index is 0.205. The van der Waals surface area contributed by atoms with Crippen molar-refractivity contribution in [2.75, 3.05) is 5.32 Å². The summed E-state index contributed by atoms with van der Waals surface area (Å²) in [5.74, 6) is -0.0611. The van der Waals surface area contributed by atoms with Gasteiger partial charge in [-0.2, -0.15) is 0 Å². The normalized spacial score (nSPS) is 12.1. The summed E-state index contributed by atoms with van der Waals surface area (Å²) in [7, 11) is 0. The van der Waals surface area contributed by atoms with E-state index in [2.05, 4.69) is 30.2 Å². The zero-order valence-corrected chi connectivity index (χ0v) is 17.3. The van der Waals surface area contributed by atoms with Gasteiger partial charge in [0.25, 0.3) is 5.91 Å². The van der Waals surface area contributed by atoms with Crippen LogP contribution in [0.2, 0.25) is 5.02 Å². The van der Waals surface area contributed by atoms with Crippen LogP contribution in [-0.4, -0.2) is 10.9 Å². The van der Waals surface area contributed by atoms with E-state index in [0.717, 1.165) is 11.9 Å². The molecule has 4 aromatic rings. The molecule has 0 aliphatic heterocycles. The topological polar surface area (TPSA) is 55.1 Å². The SMILES string of the molecule is CC[C@@H](C)c1ccc2oc(-c3ccc(Cl)c(NC(=O)c4cccc(F)c4)c3)nc2c1. The van der Waals surface area contributed by atoms with E-state index in [0.29, 0.717) is 33.7 Å². The van der Waals surface area contributed by atoms with Crippen molar-refractivity contribution < 1.29 is 13.6 Å². The molecule has 152 valence electrons. The number of nitrogens with zero attached hydrogens (tertiary/aromatic N) is 1. The zero-order valence-electron chi connectivity index (χ0n) is 16.6. The number of hydrogen-bond acceptors (Lipinski definition) is 3. The third-order valence-electron chi connectivity index (χ3n) is 5.14. The van der Waals surface area contributed by atoms with Gasteiger partial charge in [0, 0.05) is 11.1 Å². The van der Waals surface area contributed by atoms with Gasteiger partial charge in [-0.3, -0.25) is 4.79 Å². The van der Waals surface area contributed by atoms with Crippen molar-refractivity contribution in [3.8, 4) is 11.5 Å². The van der Waals surface area contributed by atoms with Crippen LogP contribution < -0.4 is 5.32 Å². The minimum Gasteiger partial charge on any atom is -0.436 e. The third kappa shape index (κ3) is 4.07. The van der Waals surface area contributed by atoms with Crippen LogP contribution in [-0.2, 0) is 0 Å². The molecule has 30 heavy (non-hydrogen) atoms. The van der Waals surface area contributed by atoms with E-state index in [1.54, 1.807) is 18.2 Å². The molecule has 1 atom stereocenters. The lowest BCUT2D eigenvalue weighted by molar-refractivity contribution is 0.102. The van der Waals surface area contributed by atoms with Crippen LogP contribution in [0.15, 0.2) is 65.1 Å². The van der Waals surface area contributed by atoms with Gasteiger partial charge in [-0.1, -0.05) is 37.6 Å². The number of hydrogen-bond donors (Lipinski definition) is 1. The van der Waals surface area contributed by atoms with Crippen LogP contribution in [0.25, 0.3) is 22.6 Å². The first kappa shape index (κ1) is 20.1. The van der Waals surface area contributed by atoms with Gasteiger partial charge in [-0.25, -0.2) is 9.37 Å². The van der Waals surface area contributed by atoms with Crippen LogP contribution in [0.5, 0.6) is 0 Å². The van der Waals surface area contributed by atoms with Crippen LogP contribution in [0, 0.1) is 5.82 Å². The van der Waals surface area contributed by atoms with E-state index in [4.69, 9.17) is 16.0 Å². The van der Waals surface area contributed by atoms with Crippen LogP contribution >= 0.6 is 11.6 Å². The average molecular weight is 423 g/mol. The molecule has 0 saturated heterocycles. The van der Waals surface area contributed by atoms with E-state index < -0.39 is 11.7 Å². The number of amides is 1. The molecule has 6 heteroatoms. The predicted octanol–water partition coefficient (Wildman–Crippen LogP) is 7.05. The summed E-state index contributed by atoms with van der Waals surface area (Å²) in [4.78, 5) is 17.1. The highest BCUT2D eigenvalue weighted by atomic mass is 35.5. The molecule has 1 aromatic heterocycles. The van der Waals surface area contributed by atoms with Gasteiger partial charge in [0.05, 0.1) is 10.7 Å². The molecular formula is C24H20ClFN2O2. The fraction of sp³-hybridized carbons (Fsp3) is 0.167. The number of carbonyl (C=O) groups excluding carboxylic acids is 1. The number of nitrogens with one attached hydrogen (secondary N) is 1. The Balaban J connectivity index is 1.65. The third-order valence-corrected chi connectivity index (χ3v) is 5.47. The summed E-state index contributed by atoms with van der Waals surface area (Å²) in [5.41, 5.74) is 3.96. The van der Waals surface area contributed by atoms with Crippen molar-refractivity contribution >= 4 is 34.3 Å². The molecule has 4 rings (SSSR count). The zero-order chi connectivity index (χ0) is 21.3. The van der Waals surface area contributed by atoms with Gasteiger partial charge in [-0.05, 0) is 66.4 Å². The van der Waals surface area contributed by atoms with Gasteiger partial charge in [0.2, 0.25) is 5.89 Å². The Hall–Kier alpha value is -3.18. The lowest BCUT2D eigenvalue weighted by Gasteiger charge is -2.08. The molecule has 0 aliphatic carbocycles. The number of benzene rings is 3. The summed E-state index contributed by atoms with van der Waals surface area (Å²) < 4.78 is 19.3. The Morgan fingerprint density at radius 3 is 2.77 bits per heavy atom. The standard InChI is InChI=1S/C24H20ClFN2O2/c1-3-14(2)15-8-10-22-21(12-15)28-24(30-22)17-7-9-19(25)20(13-17)27-23(29)16-5-4-6-18(26)11-16/h4-14H,3H2,1-2H3,(H,27,29)/t14-/m1/s1. The van der Waals surface area contributed by atoms with Gasteiger partial charge in [0.15, 0.2) is 5.58 Å². The maximum absolute atomic E-state index is 13.4. The summed E-state index contributed by atoms with van der Waals surface area (Å²) in [6.45, 7) is 4.32. The Bertz CT molecular complexity index is 1240. The summed E-state index contributed by atoms with van der Waals surface area (Å²) in [6.07, 6.45) is 1.04. The van der Waals surface area contributed by atoms with Crippen molar-refractivity contribution in [1.82, 2.24) is 4.98 Å². The second-order valence-electron chi connectivity index (χ2n) is 7.21. The molecule has 1 amide bonds. The molecule has 0 bridgehead atoms. The average Bonchev–Trinajstić information content (AvgIpc) is 3.18. The van der Waals surface area contributed by atoms with Gasteiger partial charge in [-0.15, -0.1) is 0 Å². The van der Waals surface area contributed by atoms with Crippen molar-refractivity contribution in [3.63, 3.8) is 0 Å². The van der Waals surface area contributed by atoms with E-state index >= 15 is 0 Å². The molecule has 0 saturated carbocycles. The number of rotatable bonds is 5. The maximum Gasteiger partial charge on any atom is 0.255 e. The summed E-state index contributed by atoms with van der Waals surface area (Å²) >= 11 is 6.26. The number of oxazole rings is 1. The van der Waals surface area contributed by atoms with Crippen molar-refractivity contribution in [3.05, 3.63) is 82.6 Å². The first-order valence-electron chi connectivity index (χ1n) is 9.72. The monoisotopic (exact) mass is 422 g/mol. The Kier molecular flexibility index (Phi) is 5.55. The van der Waals surface area contributed by atoms with Gasteiger partial charge >= 0.3 is 0 Å². The lowest BCUT2D eigenvalue weighted by atomic mass is 9.98. The molecule has 1 N–H and O–H groups in total. The van der Waals surface area contributed by atoms with E-state index in [1.165, 1.54) is 29.8 Å². The lowest BCUT2D eigenvalue weighted by Crippen LogP contribution is -2.12. The molecule has 0 aliphatic rings. The van der Waals surface area contributed by atoms with Crippen LogP contribution in [0.4, 0.5) is 10.1 Å². The fourth-order valence-corrected chi connectivity index (χ4v) is 3.35. The summed E-state index contributed by atoms with van der Waals surface area (Å²) in [5, 5.41) is 3.08. The highest BCUT2D eigenvalue weighted by Crippen LogP contribution is 2.32. The second kappa shape index (κ2) is 8.28. The van der Waals surface area contributed by atoms with Crippen molar-refractivity contribution in [2.45, 2.75) is 26.2 Å². The second-order valence-corrected chi connectivity index (χ2v) is 7.62. The quantitative estimate of drug-likeness (QED) is 0.374. The number of aromatic nitrogens is 1. The first-order chi connectivity index (χ1) is 14.4. The maximum atomic E-state index is 13.4. The number of halogens is 2. The number of fused-ring (bicyclic) bond motifs is 1. The summed E-state index contributed by atoms with van der Waals surface area (Å²) in [6, 6.07) is 16.6. The smallest absolute Gasteiger partial charge is 0.255 e.